The molecule has 0 aliphatic carbocycles. The van der Waals surface area contributed by atoms with Gasteiger partial charge in [0.1, 0.15) is 0 Å². The number of carbonyl (C=O) groups excluding carboxylic acids is 1. The third kappa shape index (κ3) is 3.46. The molecule has 0 saturated carbocycles. The van der Waals surface area contributed by atoms with Crippen LogP contribution in [0, 0.1) is 5.92 Å². The van der Waals surface area contributed by atoms with Gasteiger partial charge in [0.2, 0.25) is 5.91 Å². The van der Waals surface area contributed by atoms with Crippen LogP contribution in [0.5, 0.6) is 0 Å². The average Bonchev–Trinajstić information content (AvgIpc) is 2.67. The summed E-state index contributed by atoms with van der Waals surface area (Å²) >= 11 is 5.83. The molecule has 6 heteroatoms. The number of halogens is 1. The summed E-state index contributed by atoms with van der Waals surface area (Å²) in [4.78, 5) is 11.8. The fourth-order valence-electron chi connectivity index (χ4n) is 1.98. The van der Waals surface area contributed by atoms with Crippen molar-refractivity contribution in [1.29, 1.82) is 0 Å². The van der Waals surface area contributed by atoms with E-state index in [-0.39, 0.29) is 17.4 Å². The minimum atomic E-state index is -3.01. The van der Waals surface area contributed by atoms with Gasteiger partial charge < -0.3 is 5.32 Å². The summed E-state index contributed by atoms with van der Waals surface area (Å²) in [5, 5.41) is 3.36. The van der Waals surface area contributed by atoms with Crippen LogP contribution >= 0.6 is 11.6 Å². The molecule has 0 unspecified atom stereocenters. The van der Waals surface area contributed by atoms with E-state index in [0.717, 1.165) is 5.56 Å². The van der Waals surface area contributed by atoms with Crippen LogP contribution < -0.4 is 5.32 Å². The van der Waals surface area contributed by atoms with Gasteiger partial charge in [-0.2, -0.15) is 0 Å². The molecule has 1 N–H and O–H groups in total. The molecule has 1 aliphatic rings. The summed E-state index contributed by atoms with van der Waals surface area (Å²) in [5.74, 6) is -0.526. The Kier molecular flexibility index (Phi) is 3.92. The zero-order chi connectivity index (χ0) is 13.2. The lowest BCUT2D eigenvalue weighted by molar-refractivity contribution is -0.124. The van der Waals surface area contributed by atoms with Crippen LogP contribution in [-0.2, 0) is 21.2 Å². The summed E-state index contributed by atoms with van der Waals surface area (Å²) in [6.45, 7) is 0.371. The number of rotatable bonds is 3. The van der Waals surface area contributed by atoms with E-state index in [1.165, 1.54) is 0 Å². The van der Waals surface area contributed by atoms with E-state index in [1.807, 2.05) is 12.1 Å². The van der Waals surface area contributed by atoms with Gasteiger partial charge in [-0.1, -0.05) is 23.7 Å². The first-order valence-corrected chi connectivity index (χ1v) is 7.89. The lowest BCUT2D eigenvalue weighted by Crippen LogP contribution is -2.30. The molecule has 1 aliphatic heterocycles. The summed E-state index contributed by atoms with van der Waals surface area (Å²) in [6, 6.07) is 7.20. The molecular formula is C12H14ClNO3S. The highest BCUT2D eigenvalue weighted by Crippen LogP contribution is 2.18. The van der Waals surface area contributed by atoms with E-state index in [1.54, 1.807) is 12.1 Å². The lowest BCUT2D eigenvalue weighted by Gasteiger charge is -2.09. The number of carbonyl (C=O) groups is 1. The van der Waals surface area contributed by atoms with Crippen molar-refractivity contribution >= 4 is 27.3 Å². The number of sulfone groups is 1. The number of nitrogens with one attached hydrogen (secondary N) is 1. The van der Waals surface area contributed by atoms with Crippen LogP contribution in [0.15, 0.2) is 24.3 Å². The highest BCUT2D eigenvalue weighted by atomic mass is 35.5. The van der Waals surface area contributed by atoms with E-state index < -0.39 is 15.8 Å². The molecule has 1 heterocycles. The largest absolute Gasteiger partial charge is 0.352 e. The second kappa shape index (κ2) is 5.28. The Labute approximate surface area is 111 Å². The van der Waals surface area contributed by atoms with Gasteiger partial charge in [0.15, 0.2) is 9.84 Å². The Morgan fingerprint density at radius 1 is 1.44 bits per heavy atom. The highest BCUT2D eigenvalue weighted by molar-refractivity contribution is 7.91. The Morgan fingerprint density at radius 3 is 2.83 bits per heavy atom. The number of hydrogen-bond donors (Lipinski definition) is 1. The van der Waals surface area contributed by atoms with E-state index in [9.17, 15) is 13.2 Å². The zero-order valence-electron chi connectivity index (χ0n) is 9.73. The quantitative estimate of drug-likeness (QED) is 0.914. The molecule has 1 saturated heterocycles. The monoisotopic (exact) mass is 287 g/mol. The van der Waals surface area contributed by atoms with Crippen molar-refractivity contribution in [3.63, 3.8) is 0 Å². The van der Waals surface area contributed by atoms with Crippen LogP contribution in [0.2, 0.25) is 5.02 Å². The van der Waals surface area contributed by atoms with E-state index >= 15 is 0 Å². The van der Waals surface area contributed by atoms with Crippen molar-refractivity contribution in [3.8, 4) is 0 Å². The van der Waals surface area contributed by atoms with Gasteiger partial charge in [0, 0.05) is 11.6 Å². The Bertz CT molecular complexity index is 556. The van der Waals surface area contributed by atoms with Gasteiger partial charge in [-0.15, -0.1) is 0 Å². The molecule has 1 atom stereocenters. The summed E-state index contributed by atoms with van der Waals surface area (Å²) < 4.78 is 22.5. The van der Waals surface area contributed by atoms with Crippen LogP contribution in [0.25, 0.3) is 0 Å². The molecular weight excluding hydrogens is 274 g/mol. The maximum Gasteiger partial charge on any atom is 0.224 e. The van der Waals surface area contributed by atoms with Crippen molar-refractivity contribution in [3.05, 3.63) is 34.9 Å². The first-order valence-electron chi connectivity index (χ1n) is 5.69. The zero-order valence-corrected chi connectivity index (χ0v) is 11.3. The molecule has 0 bridgehead atoms. The fraction of sp³-hybridized carbons (Fsp3) is 0.417. The van der Waals surface area contributed by atoms with Crippen molar-refractivity contribution in [2.75, 3.05) is 11.5 Å². The maximum atomic E-state index is 11.8. The van der Waals surface area contributed by atoms with Gasteiger partial charge in [-0.25, -0.2) is 8.42 Å². The predicted octanol–water partition coefficient (Wildman–Crippen LogP) is 1.39. The average molecular weight is 288 g/mol. The van der Waals surface area contributed by atoms with Crippen molar-refractivity contribution < 1.29 is 13.2 Å². The van der Waals surface area contributed by atoms with Gasteiger partial charge >= 0.3 is 0 Å². The number of amides is 1. The highest BCUT2D eigenvalue weighted by Gasteiger charge is 2.32. The minimum Gasteiger partial charge on any atom is -0.352 e. The van der Waals surface area contributed by atoms with Crippen LogP contribution in [-0.4, -0.2) is 25.8 Å². The molecule has 4 nitrogen and oxygen atoms in total. The first-order chi connectivity index (χ1) is 8.46. The topological polar surface area (TPSA) is 63.2 Å². The van der Waals surface area contributed by atoms with Crippen LogP contribution in [0.4, 0.5) is 0 Å². The predicted molar refractivity (Wildman–Crippen MR) is 70.1 cm³/mol. The maximum absolute atomic E-state index is 11.8. The molecule has 18 heavy (non-hydrogen) atoms. The molecule has 98 valence electrons. The van der Waals surface area contributed by atoms with Gasteiger partial charge in [0.05, 0.1) is 17.4 Å². The lowest BCUT2D eigenvalue weighted by atomic mass is 10.1. The molecule has 1 aromatic rings. The normalized spacial score (nSPS) is 21.7. The molecule has 1 amide bonds. The Hall–Kier alpha value is -1.07. The van der Waals surface area contributed by atoms with Crippen molar-refractivity contribution in [2.45, 2.75) is 13.0 Å². The second-order valence-corrected chi connectivity index (χ2v) is 7.11. The molecule has 0 spiro atoms. The number of benzene rings is 1. The third-order valence-electron chi connectivity index (χ3n) is 2.96. The van der Waals surface area contributed by atoms with Crippen LogP contribution in [0.3, 0.4) is 0 Å². The second-order valence-electron chi connectivity index (χ2n) is 4.45. The smallest absolute Gasteiger partial charge is 0.224 e. The summed E-state index contributed by atoms with van der Waals surface area (Å²) in [7, 11) is -3.01. The summed E-state index contributed by atoms with van der Waals surface area (Å²) in [5.41, 5.74) is 0.900. The molecule has 0 aromatic heterocycles. The molecule has 0 radical (unpaired) electrons. The van der Waals surface area contributed by atoms with E-state index in [0.29, 0.717) is 18.0 Å². The summed E-state index contributed by atoms with van der Waals surface area (Å²) in [6.07, 6.45) is 0.420. The standard InChI is InChI=1S/C12H14ClNO3S/c13-11-3-1-2-9(6-11)7-14-12(15)10-4-5-18(16,17)8-10/h1-3,6,10H,4-5,7-8H2,(H,14,15)/t10-/m0/s1. The third-order valence-corrected chi connectivity index (χ3v) is 4.96. The van der Waals surface area contributed by atoms with Gasteiger partial charge in [-0.05, 0) is 24.1 Å². The minimum absolute atomic E-state index is 0.0334. The number of hydrogen-bond acceptors (Lipinski definition) is 3. The van der Waals surface area contributed by atoms with Gasteiger partial charge in [-0.3, -0.25) is 4.79 Å². The molecule has 1 fully saturated rings. The van der Waals surface area contributed by atoms with Crippen molar-refractivity contribution in [1.82, 2.24) is 5.32 Å². The fourth-order valence-corrected chi connectivity index (χ4v) is 3.94. The van der Waals surface area contributed by atoms with Gasteiger partial charge in [0.25, 0.3) is 0 Å². The van der Waals surface area contributed by atoms with Crippen LogP contribution in [0.1, 0.15) is 12.0 Å². The Balaban J connectivity index is 1.89. The SMILES string of the molecule is O=C(NCc1cccc(Cl)c1)[C@H]1CCS(=O)(=O)C1. The molecule has 2 rings (SSSR count). The van der Waals surface area contributed by atoms with E-state index in [2.05, 4.69) is 5.32 Å². The molecule has 1 aromatic carbocycles. The Morgan fingerprint density at radius 2 is 2.22 bits per heavy atom. The van der Waals surface area contributed by atoms with Crippen molar-refractivity contribution in [2.24, 2.45) is 5.92 Å². The van der Waals surface area contributed by atoms with E-state index in [4.69, 9.17) is 11.6 Å². The first kappa shape index (κ1) is 13.4.